The zero-order valence-corrected chi connectivity index (χ0v) is 21.4. The molecule has 0 aliphatic carbocycles. The van der Waals surface area contributed by atoms with Crippen molar-refractivity contribution >= 4 is 47.0 Å². The maximum absolute atomic E-state index is 14.4. The highest BCUT2D eigenvalue weighted by atomic mass is 35.5. The van der Waals surface area contributed by atoms with Gasteiger partial charge in [-0.25, -0.2) is 4.39 Å². The molecule has 5 nitrogen and oxygen atoms in total. The van der Waals surface area contributed by atoms with Crippen LogP contribution in [-0.2, 0) is 14.3 Å². The zero-order valence-electron chi connectivity index (χ0n) is 19.0. The molecule has 2 aromatic carbocycles. The summed E-state index contributed by atoms with van der Waals surface area (Å²) >= 11 is 14.0. The number of benzene rings is 2. The van der Waals surface area contributed by atoms with Crippen LogP contribution in [0, 0.1) is 5.82 Å². The number of esters is 1. The first-order valence-corrected chi connectivity index (χ1v) is 13.1. The van der Waals surface area contributed by atoms with Crippen molar-refractivity contribution in [1.82, 2.24) is 9.62 Å². The maximum atomic E-state index is 14.4. The van der Waals surface area contributed by atoms with Gasteiger partial charge < -0.3 is 9.64 Å². The Labute approximate surface area is 213 Å². The quantitative estimate of drug-likeness (QED) is 0.264. The molecule has 2 heterocycles. The fourth-order valence-electron chi connectivity index (χ4n) is 5.02. The second kappa shape index (κ2) is 10.4. The lowest BCUT2D eigenvalue weighted by Crippen LogP contribution is -2.66. The summed E-state index contributed by atoms with van der Waals surface area (Å²) in [5.74, 6) is -0.513. The Morgan fingerprint density at radius 1 is 1.15 bits per heavy atom. The van der Waals surface area contributed by atoms with E-state index in [9.17, 15) is 14.0 Å². The van der Waals surface area contributed by atoms with Crippen molar-refractivity contribution in [2.24, 2.45) is 0 Å². The van der Waals surface area contributed by atoms with Crippen LogP contribution < -0.4 is 4.72 Å². The van der Waals surface area contributed by atoms with Crippen molar-refractivity contribution in [3.8, 4) is 0 Å². The van der Waals surface area contributed by atoms with Gasteiger partial charge in [0.05, 0.1) is 12.5 Å². The van der Waals surface area contributed by atoms with Crippen LogP contribution >= 0.6 is 35.1 Å². The van der Waals surface area contributed by atoms with Crippen molar-refractivity contribution in [2.75, 3.05) is 12.3 Å². The number of nitrogens with zero attached hydrogens (tertiary/aromatic N) is 1. The van der Waals surface area contributed by atoms with E-state index in [0.717, 1.165) is 11.3 Å². The van der Waals surface area contributed by atoms with Gasteiger partial charge in [-0.1, -0.05) is 61.1 Å². The molecule has 0 bridgehead atoms. The molecule has 2 aromatic rings. The van der Waals surface area contributed by atoms with Gasteiger partial charge in [0.25, 0.3) is 5.91 Å². The molecule has 4 rings (SSSR count). The van der Waals surface area contributed by atoms with Crippen LogP contribution in [-0.4, -0.2) is 40.7 Å². The standard InChI is InChI=1S/C25H27Cl2FN2O3S/c1-3-20(14-29-34-4-2)30-23(15-5-7-17(26)8-6-15)21(16-9-18(27)11-19(28)10-16)12-25(24(30)32)13-22(31)33-25/h5-11,20-21,23,29H,3-4,12-14H2,1-2H3. The molecule has 34 heavy (non-hydrogen) atoms. The van der Waals surface area contributed by atoms with Gasteiger partial charge in [-0.2, -0.15) is 0 Å². The van der Waals surface area contributed by atoms with E-state index < -0.39 is 23.4 Å². The fraction of sp³-hybridized carbons (Fsp3) is 0.440. The number of hydrogen-bond acceptors (Lipinski definition) is 5. The van der Waals surface area contributed by atoms with E-state index in [1.165, 1.54) is 12.1 Å². The number of nitrogens with one attached hydrogen (secondary N) is 1. The molecule has 9 heteroatoms. The van der Waals surface area contributed by atoms with E-state index in [1.807, 2.05) is 30.9 Å². The lowest BCUT2D eigenvalue weighted by Gasteiger charge is -2.54. The van der Waals surface area contributed by atoms with Crippen LogP contribution in [0.25, 0.3) is 0 Å². The molecule has 1 amide bonds. The number of piperidine rings is 1. The SMILES string of the molecule is CCSNCC(CC)N1C(=O)C2(CC(=O)O2)CC(c2cc(F)cc(Cl)c2)C1c1ccc(Cl)cc1. The van der Waals surface area contributed by atoms with Crippen molar-refractivity contribution in [2.45, 2.75) is 56.7 Å². The first kappa shape index (κ1) is 25.3. The van der Waals surface area contributed by atoms with Gasteiger partial charge >= 0.3 is 5.97 Å². The van der Waals surface area contributed by atoms with Gasteiger partial charge in [-0.05, 0) is 47.9 Å². The molecule has 4 unspecified atom stereocenters. The molecule has 4 atom stereocenters. The molecule has 2 aliphatic rings. The van der Waals surface area contributed by atoms with Crippen LogP contribution in [0.1, 0.15) is 56.2 Å². The summed E-state index contributed by atoms with van der Waals surface area (Å²) in [5.41, 5.74) is 0.301. The molecule has 0 aromatic heterocycles. The number of amides is 1. The number of halogens is 3. The summed E-state index contributed by atoms with van der Waals surface area (Å²) in [7, 11) is 0. The predicted molar refractivity (Wildman–Crippen MR) is 133 cm³/mol. The summed E-state index contributed by atoms with van der Waals surface area (Å²) in [5, 5.41) is 0.862. The Bertz CT molecular complexity index is 1040. The van der Waals surface area contributed by atoms with Gasteiger partial charge in [0.15, 0.2) is 0 Å². The average Bonchev–Trinajstić information content (AvgIpc) is 2.77. The topological polar surface area (TPSA) is 58.6 Å². The highest BCUT2D eigenvalue weighted by molar-refractivity contribution is 7.97. The van der Waals surface area contributed by atoms with E-state index in [4.69, 9.17) is 27.9 Å². The molecule has 2 fully saturated rings. The summed E-state index contributed by atoms with van der Waals surface area (Å²) in [6.07, 6.45) is 0.964. The van der Waals surface area contributed by atoms with Gasteiger partial charge in [-0.15, -0.1) is 0 Å². The highest BCUT2D eigenvalue weighted by Crippen LogP contribution is 2.52. The van der Waals surface area contributed by atoms with Crippen LogP contribution in [0.2, 0.25) is 10.0 Å². The molecular formula is C25H27Cl2FN2O3S. The van der Waals surface area contributed by atoms with Gasteiger partial charge in [-0.3, -0.25) is 14.3 Å². The predicted octanol–water partition coefficient (Wildman–Crippen LogP) is 5.91. The number of rotatable bonds is 8. The van der Waals surface area contributed by atoms with Crippen molar-refractivity contribution in [3.63, 3.8) is 0 Å². The number of hydrogen-bond donors (Lipinski definition) is 1. The molecular weight excluding hydrogens is 498 g/mol. The first-order chi connectivity index (χ1) is 16.3. The van der Waals surface area contributed by atoms with E-state index in [1.54, 1.807) is 30.1 Å². The Kier molecular flexibility index (Phi) is 7.77. The third-order valence-electron chi connectivity index (χ3n) is 6.55. The lowest BCUT2D eigenvalue weighted by atomic mass is 9.70. The van der Waals surface area contributed by atoms with E-state index in [0.29, 0.717) is 23.6 Å². The van der Waals surface area contributed by atoms with Crippen LogP contribution in [0.3, 0.4) is 0 Å². The molecule has 1 spiro atoms. The van der Waals surface area contributed by atoms with Crippen LogP contribution in [0.15, 0.2) is 42.5 Å². The minimum absolute atomic E-state index is 0.0167. The Hall–Kier alpha value is -1.80. The summed E-state index contributed by atoms with van der Waals surface area (Å²) in [6.45, 7) is 4.64. The minimum Gasteiger partial charge on any atom is -0.448 e. The summed E-state index contributed by atoms with van der Waals surface area (Å²) in [6, 6.07) is 11.2. The third kappa shape index (κ3) is 4.94. The Balaban J connectivity index is 1.85. The van der Waals surface area contributed by atoms with Crippen molar-refractivity contribution in [1.29, 1.82) is 0 Å². The third-order valence-corrected chi connectivity index (χ3v) is 7.68. The second-order valence-electron chi connectivity index (χ2n) is 8.71. The zero-order chi connectivity index (χ0) is 24.5. The second-order valence-corrected chi connectivity index (χ2v) is 10.7. The number of likely N-dealkylation sites (tertiary alicyclic amines) is 1. The van der Waals surface area contributed by atoms with E-state index >= 15 is 0 Å². The number of carbonyl (C=O) groups is 2. The smallest absolute Gasteiger partial charge is 0.311 e. The average molecular weight is 525 g/mol. The van der Waals surface area contributed by atoms with Gasteiger partial charge in [0, 0.05) is 40.7 Å². The molecule has 0 saturated carbocycles. The van der Waals surface area contributed by atoms with Crippen LogP contribution in [0.4, 0.5) is 4.39 Å². The van der Waals surface area contributed by atoms with Crippen molar-refractivity contribution < 1.29 is 18.7 Å². The molecule has 2 saturated heterocycles. The molecule has 2 aliphatic heterocycles. The highest BCUT2D eigenvalue weighted by Gasteiger charge is 2.61. The normalized spacial score (nSPS) is 25.3. The molecule has 1 N–H and O–H groups in total. The molecule has 182 valence electrons. The minimum atomic E-state index is -1.24. The van der Waals surface area contributed by atoms with Crippen LogP contribution in [0.5, 0.6) is 0 Å². The maximum Gasteiger partial charge on any atom is 0.311 e. The van der Waals surface area contributed by atoms with Crippen molar-refractivity contribution in [3.05, 3.63) is 69.5 Å². The number of carbonyl (C=O) groups excluding carboxylic acids is 2. The Morgan fingerprint density at radius 3 is 2.44 bits per heavy atom. The monoisotopic (exact) mass is 524 g/mol. The van der Waals surface area contributed by atoms with E-state index in [-0.39, 0.29) is 35.7 Å². The Morgan fingerprint density at radius 2 is 1.85 bits per heavy atom. The first-order valence-electron chi connectivity index (χ1n) is 11.4. The van der Waals surface area contributed by atoms with E-state index in [2.05, 4.69) is 4.72 Å². The summed E-state index contributed by atoms with van der Waals surface area (Å²) in [4.78, 5) is 27.7. The van der Waals surface area contributed by atoms with Gasteiger partial charge in [0.1, 0.15) is 5.82 Å². The fourth-order valence-corrected chi connectivity index (χ4v) is 5.89. The number of ether oxygens (including phenoxy) is 1. The largest absolute Gasteiger partial charge is 0.448 e. The lowest BCUT2D eigenvalue weighted by molar-refractivity contribution is -0.212. The van der Waals surface area contributed by atoms with Gasteiger partial charge in [0.2, 0.25) is 5.60 Å². The molecule has 0 radical (unpaired) electrons. The summed E-state index contributed by atoms with van der Waals surface area (Å²) < 4.78 is 23.3.